The molecule has 0 amide bonds. The van der Waals surface area contributed by atoms with E-state index in [2.05, 4.69) is 30.2 Å². The molecule has 52 valence electrons. The molecule has 10 heavy (non-hydrogen) atoms. The Hall–Kier alpha value is -1.37. The lowest BCUT2D eigenvalue weighted by Gasteiger charge is -1.42. The van der Waals surface area contributed by atoms with Crippen molar-refractivity contribution in [2.24, 2.45) is 0 Å². The summed E-state index contributed by atoms with van der Waals surface area (Å²) in [5.74, 6) is 0. The van der Waals surface area contributed by atoms with Crippen LogP contribution in [-0.4, -0.2) is 30.2 Å². The van der Waals surface area contributed by atoms with E-state index in [1.54, 1.807) is 6.20 Å². The second kappa shape index (κ2) is 4.50. The first kappa shape index (κ1) is 6.75. The molecular weight excluding hydrogens is 152 g/mol. The Morgan fingerprint density at radius 2 is 2.30 bits per heavy atom. The SMILES string of the molecule is c1csnn1.c1nnn[nH]1. The summed E-state index contributed by atoms with van der Waals surface area (Å²) in [5.41, 5.74) is 0. The molecule has 0 radical (unpaired) electrons. The molecule has 0 spiro atoms. The lowest BCUT2D eigenvalue weighted by atomic mass is 11.1. The Bertz CT molecular complexity index is 152. The Morgan fingerprint density at radius 3 is 2.50 bits per heavy atom. The van der Waals surface area contributed by atoms with E-state index >= 15 is 0 Å². The van der Waals surface area contributed by atoms with Gasteiger partial charge in [0, 0.05) is 5.38 Å². The molecule has 2 aromatic rings. The molecule has 0 aliphatic heterocycles. The highest BCUT2D eigenvalue weighted by molar-refractivity contribution is 7.03. The van der Waals surface area contributed by atoms with Crippen LogP contribution >= 0.6 is 11.5 Å². The predicted octanol–water partition coefficient (Wildman–Crippen LogP) is -0.262. The van der Waals surface area contributed by atoms with Crippen LogP contribution in [0.25, 0.3) is 0 Å². The van der Waals surface area contributed by atoms with E-state index in [0.29, 0.717) is 0 Å². The molecule has 1 N–H and O–H groups in total. The predicted molar refractivity (Wildman–Crippen MR) is 34.1 cm³/mol. The zero-order valence-corrected chi connectivity index (χ0v) is 5.69. The van der Waals surface area contributed by atoms with Gasteiger partial charge in [-0.05, 0) is 22.0 Å². The summed E-state index contributed by atoms with van der Waals surface area (Å²) in [6.45, 7) is 0. The maximum absolute atomic E-state index is 3.51. The molecule has 2 aromatic heterocycles. The second-order valence-electron chi connectivity index (χ2n) is 1.15. The molecule has 0 saturated heterocycles. The van der Waals surface area contributed by atoms with Crippen molar-refractivity contribution in [1.29, 1.82) is 0 Å². The number of aromatic amines is 1. The molecule has 0 bridgehead atoms. The van der Waals surface area contributed by atoms with Gasteiger partial charge in [-0.15, -0.1) is 10.2 Å². The van der Waals surface area contributed by atoms with Gasteiger partial charge in [0.25, 0.3) is 0 Å². The molecule has 0 atom stereocenters. The van der Waals surface area contributed by atoms with Gasteiger partial charge in [-0.25, -0.2) is 5.10 Å². The van der Waals surface area contributed by atoms with Gasteiger partial charge in [0.1, 0.15) is 6.33 Å². The van der Waals surface area contributed by atoms with Crippen molar-refractivity contribution in [3.05, 3.63) is 17.9 Å². The van der Waals surface area contributed by atoms with Gasteiger partial charge in [0.15, 0.2) is 0 Å². The largest absolute Gasteiger partial charge is 0.246 e. The zero-order chi connectivity index (χ0) is 7.07. The Balaban J connectivity index is 0.0000001000. The number of H-pyrrole nitrogens is 1. The van der Waals surface area contributed by atoms with Crippen molar-refractivity contribution in [2.45, 2.75) is 0 Å². The number of nitrogens with zero attached hydrogens (tertiary/aromatic N) is 5. The van der Waals surface area contributed by atoms with E-state index < -0.39 is 0 Å². The quantitative estimate of drug-likeness (QED) is 0.568. The molecule has 0 aromatic carbocycles. The number of hydrogen-bond donors (Lipinski definition) is 1. The number of hydrogen-bond acceptors (Lipinski definition) is 6. The van der Waals surface area contributed by atoms with E-state index in [1.807, 2.05) is 5.38 Å². The van der Waals surface area contributed by atoms with E-state index in [-0.39, 0.29) is 0 Å². The van der Waals surface area contributed by atoms with E-state index in [4.69, 9.17) is 0 Å². The summed E-state index contributed by atoms with van der Waals surface area (Å²) in [6, 6.07) is 0. The molecule has 0 aliphatic rings. The molecule has 7 heteroatoms. The van der Waals surface area contributed by atoms with Crippen LogP contribution in [0.2, 0.25) is 0 Å². The fraction of sp³-hybridized carbons (Fsp3) is 0. The minimum Gasteiger partial charge on any atom is -0.246 e. The van der Waals surface area contributed by atoms with Crippen LogP contribution in [0.3, 0.4) is 0 Å². The second-order valence-corrected chi connectivity index (χ2v) is 1.80. The first-order valence-corrected chi connectivity index (χ1v) is 3.22. The summed E-state index contributed by atoms with van der Waals surface area (Å²) in [6.07, 6.45) is 3.06. The van der Waals surface area contributed by atoms with E-state index in [1.165, 1.54) is 17.9 Å². The highest BCUT2D eigenvalue weighted by atomic mass is 32.1. The van der Waals surface area contributed by atoms with Crippen molar-refractivity contribution in [3.8, 4) is 0 Å². The summed E-state index contributed by atoms with van der Waals surface area (Å²) >= 11 is 1.35. The fourth-order valence-electron chi connectivity index (χ4n) is 0.265. The average molecular weight is 156 g/mol. The van der Waals surface area contributed by atoms with Crippen molar-refractivity contribution in [3.63, 3.8) is 0 Å². The third-order valence-electron chi connectivity index (χ3n) is 0.552. The van der Waals surface area contributed by atoms with Gasteiger partial charge in [0.2, 0.25) is 0 Å². The van der Waals surface area contributed by atoms with Crippen LogP contribution in [-0.2, 0) is 0 Å². The van der Waals surface area contributed by atoms with Crippen LogP contribution in [0.4, 0.5) is 0 Å². The molecule has 0 saturated carbocycles. The van der Waals surface area contributed by atoms with Gasteiger partial charge in [-0.3, -0.25) is 0 Å². The summed E-state index contributed by atoms with van der Waals surface area (Å²) < 4.78 is 3.51. The minimum absolute atomic E-state index is 1.35. The van der Waals surface area contributed by atoms with Crippen LogP contribution in [0.15, 0.2) is 17.9 Å². The Morgan fingerprint density at radius 1 is 1.30 bits per heavy atom. The number of nitrogens with one attached hydrogen (secondary N) is 1. The van der Waals surface area contributed by atoms with E-state index in [9.17, 15) is 0 Å². The molecule has 2 rings (SSSR count). The molecule has 2 heterocycles. The van der Waals surface area contributed by atoms with Gasteiger partial charge in [-0.1, -0.05) is 4.49 Å². The lowest BCUT2D eigenvalue weighted by Crippen LogP contribution is -1.64. The topological polar surface area (TPSA) is 80.2 Å². The van der Waals surface area contributed by atoms with Gasteiger partial charge >= 0.3 is 0 Å². The van der Waals surface area contributed by atoms with Gasteiger partial charge < -0.3 is 0 Å². The number of tetrazole rings is 1. The summed E-state index contributed by atoms with van der Waals surface area (Å²) in [7, 11) is 0. The highest BCUT2D eigenvalue weighted by Crippen LogP contribution is 1.78. The van der Waals surface area contributed by atoms with Crippen molar-refractivity contribution in [1.82, 2.24) is 30.2 Å². The molecule has 0 fully saturated rings. The van der Waals surface area contributed by atoms with Crippen LogP contribution < -0.4 is 0 Å². The smallest absolute Gasteiger partial charge is 0.135 e. The van der Waals surface area contributed by atoms with Crippen molar-refractivity contribution >= 4 is 11.5 Å². The normalized spacial score (nSPS) is 8.00. The summed E-state index contributed by atoms with van der Waals surface area (Å²) in [5, 5.41) is 17.4. The molecule has 6 nitrogen and oxygen atoms in total. The highest BCUT2D eigenvalue weighted by Gasteiger charge is 1.61. The number of rotatable bonds is 0. The Labute approximate surface area is 60.5 Å². The first-order chi connectivity index (χ1) is 5.00. The van der Waals surface area contributed by atoms with Gasteiger partial charge in [0.05, 0.1) is 6.20 Å². The Kier molecular flexibility index (Phi) is 3.04. The van der Waals surface area contributed by atoms with Crippen LogP contribution in [0.5, 0.6) is 0 Å². The van der Waals surface area contributed by atoms with Crippen molar-refractivity contribution < 1.29 is 0 Å². The monoisotopic (exact) mass is 156 g/mol. The fourth-order valence-corrected chi connectivity index (χ4v) is 0.537. The third-order valence-corrected chi connectivity index (χ3v) is 0.984. The lowest BCUT2D eigenvalue weighted by molar-refractivity contribution is 0.881. The zero-order valence-electron chi connectivity index (χ0n) is 4.88. The molecule has 0 aliphatic carbocycles. The van der Waals surface area contributed by atoms with Gasteiger partial charge in [-0.2, -0.15) is 0 Å². The third kappa shape index (κ3) is 2.82. The van der Waals surface area contributed by atoms with E-state index in [0.717, 1.165) is 0 Å². The van der Waals surface area contributed by atoms with Crippen LogP contribution in [0.1, 0.15) is 0 Å². The standard InChI is InChI=1S/C2H2N2S.CH2N4/c1-2-5-4-3-1;1-2-4-5-3-1/h1-2H;1H,(H,2,3,4,5). The molecular formula is C3H4N6S. The average Bonchev–Trinajstić information content (AvgIpc) is 2.67. The maximum Gasteiger partial charge on any atom is 0.135 e. The van der Waals surface area contributed by atoms with Crippen LogP contribution in [0, 0.1) is 0 Å². The maximum atomic E-state index is 3.51. The first-order valence-electron chi connectivity index (χ1n) is 2.38. The summed E-state index contributed by atoms with van der Waals surface area (Å²) in [4.78, 5) is 0. The molecule has 0 unspecified atom stereocenters. The minimum atomic E-state index is 1.35. The van der Waals surface area contributed by atoms with Crippen molar-refractivity contribution in [2.75, 3.05) is 0 Å². The number of aromatic nitrogens is 6.